The van der Waals surface area contributed by atoms with E-state index in [1.807, 2.05) is 31.2 Å². The second-order valence-electron chi connectivity index (χ2n) is 8.96. The molecule has 5 rings (SSSR count). The molecule has 0 bridgehead atoms. The van der Waals surface area contributed by atoms with Crippen LogP contribution in [0.1, 0.15) is 34.5 Å². The monoisotopic (exact) mass is 528 g/mol. The van der Waals surface area contributed by atoms with Crippen molar-refractivity contribution >= 4 is 21.6 Å². The van der Waals surface area contributed by atoms with Crippen LogP contribution in [0.4, 0.5) is 5.69 Å². The van der Waals surface area contributed by atoms with Gasteiger partial charge in [-0.15, -0.1) is 0 Å². The molecule has 38 heavy (non-hydrogen) atoms. The summed E-state index contributed by atoms with van der Waals surface area (Å²) < 4.78 is 39.6. The van der Waals surface area contributed by atoms with Gasteiger partial charge >= 0.3 is 0 Å². The van der Waals surface area contributed by atoms with Crippen molar-refractivity contribution < 1.29 is 22.7 Å². The van der Waals surface area contributed by atoms with Crippen LogP contribution in [0.2, 0.25) is 0 Å². The van der Waals surface area contributed by atoms with Gasteiger partial charge in [-0.2, -0.15) is 0 Å². The lowest BCUT2D eigenvalue weighted by molar-refractivity contribution is 0.0939. The van der Waals surface area contributed by atoms with E-state index >= 15 is 0 Å². The Balaban J connectivity index is 1.31. The summed E-state index contributed by atoms with van der Waals surface area (Å²) in [5, 5.41) is 3.01. The van der Waals surface area contributed by atoms with Gasteiger partial charge in [0.2, 0.25) is 0 Å². The van der Waals surface area contributed by atoms with Crippen LogP contribution >= 0.6 is 0 Å². The van der Waals surface area contributed by atoms with Gasteiger partial charge in [0.1, 0.15) is 13.2 Å². The molecule has 0 fully saturated rings. The van der Waals surface area contributed by atoms with Crippen molar-refractivity contribution in [2.45, 2.75) is 24.4 Å². The lowest BCUT2D eigenvalue weighted by Crippen LogP contribution is -2.30. The van der Waals surface area contributed by atoms with E-state index in [0.717, 1.165) is 11.1 Å². The first-order valence-electron chi connectivity index (χ1n) is 12.3. The zero-order valence-corrected chi connectivity index (χ0v) is 21.7. The maximum absolute atomic E-state index is 13.5. The Kier molecular flexibility index (Phi) is 7.33. The molecule has 1 heterocycles. The third-order valence-electron chi connectivity index (χ3n) is 6.33. The second kappa shape index (κ2) is 11.0. The van der Waals surface area contributed by atoms with E-state index < -0.39 is 10.0 Å². The van der Waals surface area contributed by atoms with E-state index in [4.69, 9.17) is 9.47 Å². The molecule has 1 N–H and O–H groups in total. The minimum absolute atomic E-state index is 0.122. The van der Waals surface area contributed by atoms with E-state index in [9.17, 15) is 13.2 Å². The van der Waals surface area contributed by atoms with E-state index in [2.05, 4.69) is 5.32 Å². The Labute approximate surface area is 222 Å². The number of amides is 1. The van der Waals surface area contributed by atoms with Gasteiger partial charge in [-0.25, -0.2) is 8.42 Å². The number of nitrogens with zero attached hydrogens (tertiary/aromatic N) is 1. The van der Waals surface area contributed by atoms with Crippen molar-refractivity contribution in [2.24, 2.45) is 0 Å². The predicted octanol–water partition coefficient (Wildman–Crippen LogP) is 5.34. The molecule has 1 atom stereocenters. The number of carbonyl (C=O) groups excluding carboxylic acids is 1. The van der Waals surface area contributed by atoms with Crippen molar-refractivity contribution in [3.63, 3.8) is 0 Å². The Bertz CT molecular complexity index is 1510. The molecule has 0 saturated heterocycles. The summed E-state index contributed by atoms with van der Waals surface area (Å²) in [4.78, 5) is 13.2. The number of ether oxygens (including phenoxy) is 2. The SMILES string of the molecule is C[C@@H](NC(=O)c1ccc(CN(c2ccccc2)S(=O)(=O)c2ccccc2)cc1)c1ccc2c(c1)OCCO2. The molecule has 0 aliphatic carbocycles. The summed E-state index contributed by atoms with van der Waals surface area (Å²) in [5.41, 5.74) is 2.70. The normalized spacial score (nSPS) is 13.4. The van der Waals surface area contributed by atoms with Crippen molar-refractivity contribution in [1.29, 1.82) is 0 Å². The van der Waals surface area contributed by atoms with E-state index in [-0.39, 0.29) is 23.4 Å². The van der Waals surface area contributed by atoms with E-state index in [0.29, 0.717) is 36.0 Å². The molecule has 1 amide bonds. The standard InChI is InChI=1S/C30H28N2O5S/c1-22(25-16-17-28-29(20-25)37-19-18-36-28)31-30(33)24-14-12-23(13-15-24)21-32(26-8-4-2-5-9-26)38(34,35)27-10-6-3-7-11-27/h2-17,20,22H,18-19,21H2,1H3,(H,31,33)/t22-/m1/s1. The zero-order valence-electron chi connectivity index (χ0n) is 20.9. The summed E-state index contributed by atoms with van der Waals surface area (Å²) in [5.74, 6) is 1.15. The number of carbonyl (C=O) groups is 1. The highest BCUT2D eigenvalue weighted by Crippen LogP contribution is 2.32. The van der Waals surface area contributed by atoms with Crippen molar-refractivity contribution in [3.8, 4) is 11.5 Å². The highest BCUT2D eigenvalue weighted by Gasteiger charge is 2.25. The molecule has 194 valence electrons. The average Bonchev–Trinajstić information content (AvgIpc) is 2.96. The molecule has 0 unspecified atom stereocenters. The lowest BCUT2D eigenvalue weighted by Gasteiger charge is -2.25. The summed E-state index contributed by atoms with van der Waals surface area (Å²) in [6, 6.07) is 29.7. The Morgan fingerprint density at radius 2 is 1.47 bits per heavy atom. The van der Waals surface area contributed by atoms with Crippen LogP contribution < -0.4 is 19.1 Å². The van der Waals surface area contributed by atoms with Crippen LogP contribution in [0.15, 0.2) is 108 Å². The van der Waals surface area contributed by atoms with Crippen molar-refractivity contribution in [3.05, 3.63) is 120 Å². The summed E-state index contributed by atoms with van der Waals surface area (Å²) in [6.45, 7) is 3.05. The van der Waals surface area contributed by atoms with Gasteiger partial charge in [-0.1, -0.05) is 54.6 Å². The quantitative estimate of drug-likeness (QED) is 0.334. The largest absolute Gasteiger partial charge is 0.486 e. The number of anilines is 1. The third kappa shape index (κ3) is 5.50. The minimum Gasteiger partial charge on any atom is -0.486 e. The molecule has 0 saturated carbocycles. The molecule has 0 aromatic heterocycles. The number of rotatable bonds is 8. The fourth-order valence-corrected chi connectivity index (χ4v) is 5.72. The van der Waals surface area contributed by atoms with Crippen LogP contribution in [0.25, 0.3) is 0 Å². The fraction of sp³-hybridized carbons (Fsp3) is 0.167. The molecule has 1 aliphatic rings. The maximum atomic E-state index is 13.5. The van der Waals surface area contributed by atoms with Crippen LogP contribution in [0.3, 0.4) is 0 Å². The fourth-order valence-electron chi connectivity index (χ4n) is 4.25. The second-order valence-corrected chi connectivity index (χ2v) is 10.8. The van der Waals surface area contributed by atoms with Gasteiger partial charge in [0.15, 0.2) is 11.5 Å². The van der Waals surface area contributed by atoms with Crippen molar-refractivity contribution in [2.75, 3.05) is 17.5 Å². The molecular formula is C30H28N2O5S. The molecule has 4 aromatic carbocycles. The van der Waals surface area contributed by atoms with Gasteiger partial charge in [0.05, 0.1) is 23.2 Å². The molecule has 1 aliphatic heterocycles. The van der Waals surface area contributed by atoms with E-state index in [1.165, 1.54) is 4.31 Å². The van der Waals surface area contributed by atoms with E-state index in [1.54, 1.807) is 78.9 Å². The average molecular weight is 529 g/mol. The highest BCUT2D eigenvalue weighted by atomic mass is 32.2. The van der Waals surface area contributed by atoms with Crippen LogP contribution in [0.5, 0.6) is 11.5 Å². The Hall–Kier alpha value is -4.30. The number of sulfonamides is 1. The first-order valence-corrected chi connectivity index (χ1v) is 13.8. The molecule has 8 heteroatoms. The number of fused-ring (bicyclic) bond motifs is 1. The number of hydrogen-bond donors (Lipinski definition) is 1. The molecule has 0 spiro atoms. The van der Waals surface area contributed by atoms with Crippen molar-refractivity contribution in [1.82, 2.24) is 5.32 Å². The summed E-state index contributed by atoms with van der Waals surface area (Å²) >= 11 is 0. The maximum Gasteiger partial charge on any atom is 0.264 e. The number of para-hydroxylation sites is 1. The highest BCUT2D eigenvalue weighted by molar-refractivity contribution is 7.92. The zero-order chi connectivity index (χ0) is 26.5. The number of nitrogens with one attached hydrogen (secondary N) is 1. The van der Waals surface area contributed by atoms with Crippen LogP contribution in [-0.4, -0.2) is 27.5 Å². The number of hydrogen-bond acceptors (Lipinski definition) is 5. The van der Waals surface area contributed by atoms with Gasteiger partial charge in [-0.05, 0) is 66.6 Å². The molecule has 0 radical (unpaired) electrons. The lowest BCUT2D eigenvalue weighted by atomic mass is 10.1. The summed E-state index contributed by atoms with van der Waals surface area (Å²) in [6.07, 6.45) is 0. The van der Waals surface area contributed by atoms with Gasteiger partial charge in [0.25, 0.3) is 15.9 Å². The van der Waals surface area contributed by atoms with Gasteiger partial charge in [-0.3, -0.25) is 9.10 Å². The first-order chi connectivity index (χ1) is 18.4. The van der Waals surface area contributed by atoms with Crippen LogP contribution in [-0.2, 0) is 16.6 Å². The molecular weight excluding hydrogens is 500 g/mol. The third-order valence-corrected chi connectivity index (χ3v) is 8.12. The topological polar surface area (TPSA) is 84.9 Å². The first kappa shape index (κ1) is 25.4. The molecule has 7 nitrogen and oxygen atoms in total. The van der Waals surface area contributed by atoms with Crippen LogP contribution in [0, 0.1) is 0 Å². The Morgan fingerprint density at radius 1 is 0.842 bits per heavy atom. The minimum atomic E-state index is -3.80. The smallest absolute Gasteiger partial charge is 0.264 e. The van der Waals surface area contributed by atoms with Gasteiger partial charge in [0, 0.05) is 5.56 Å². The molecule has 4 aromatic rings. The number of benzene rings is 4. The van der Waals surface area contributed by atoms with Gasteiger partial charge < -0.3 is 14.8 Å². The summed E-state index contributed by atoms with van der Waals surface area (Å²) in [7, 11) is -3.80. The predicted molar refractivity (Wildman–Crippen MR) is 146 cm³/mol. The Morgan fingerprint density at radius 3 is 2.16 bits per heavy atom.